The molecule has 1 fully saturated rings. The third-order valence-electron chi connectivity index (χ3n) is 4.04. The summed E-state index contributed by atoms with van der Waals surface area (Å²) in [6, 6.07) is 4.94. The second-order valence-corrected chi connectivity index (χ2v) is 5.81. The van der Waals surface area contributed by atoms with E-state index in [9.17, 15) is 10.3 Å². The van der Waals surface area contributed by atoms with Gasteiger partial charge in [-0.05, 0) is 44.5 Å². The van der Waals surface area contributed by atoms with Crippen molar-refractivity contribution in [2.45, 2.75) is 25.8 Å². The van der Waals surface area contributed by atoms with E-state index in [-0.39, 0.29) is 17.7 Å². The molecule has 124 valence electrons. The number of anilines is 1. The molecule has 0 spiro atoms. The highest BCUT2D eigenvalue weighted by Crippen LogP contribution is 2.29. The highest BCUT2D eigenvalue weighted by Gasteiger charge is 2.22. The molecular weight excluding hydrogens is 306 g/mol. The molecule has 1 aromatic heterocycles. The molecule has 1 aromatic carbocycles. The molecule has 2 aromatic rings. The number of hydrogen-bond acceptors (Lipinski definition) is 6. The SMILES string of the molecule is C#Cc1ccc(-c2n[n+]([O-])c(N[C@@H]3CCCNC3)nc2C)c(O)c1. The normalized spacial score (nSPS) is 17.2. The number of terminal acetylenes is 1. The molecule has 0 bridgehead atoms. The van der Waals surface area contributed by atoms with Gasteiger partial charge in [0.05, 0.1) is 6.04 Å². The Morgan fingerprint density at radius 1 is 1.50 bits per heavy atom. The summed E-state index contributed by atoms with van der Waals surface area (Å²) < 4.78 is 0. The molecular formula is C17H19N5O2. The summed E-state index contributed by atoms with van der Waals surface area (Å²) in [7, 11) is 0. The van der Waals surface area contributed by atoms with Gasteiger partial charge < -0.3 is 15.6 Å². The fraction of sp³-hybridized carbons (Fsp3) is 0.353. The first-order chi connectivity index (χ1) is 11.6. The van der Waals surface area contributed by atoms with Crippen molar-refractivity contribution in [3.8, 4) is 29.4 Å². The number of piperidine rings is 1. The van der Waals surface area contributed by atoms with Gasteiger partial charge in [0.1, 0.15) is 17.1 Å². The monoisotopic (exact) mass is 325 g/mol. The molecule has 7 heteroatoms. The minimum atomic E-state index is -0.0277. The van der Waals surface area contributed by atoms with Crippen LogP contribution in [0.2, 0.25) is 0 Å². The zero-order chi connectivity index (χ0) is 17.1. The molecule has 0 unspecified atom stereocenters. The lowest BCUT2D eigenvalue weighted by atomic mass is 10.1. The van der Waals surface area contributed by atoms with Gasteiger partial charge in [-0.2, -0.15) is 0 Å². The van der Waals surface area contributed by atoms with Crippen LogP contribution in [0, 0.1) is 24.5 Å². The molecule has 24 heavy (non-hydrogen) atoms. The summed E-state index contributed by atoms with van der Waals surface area (Å²) >= 11 is 0. The summed E-state index contributed by atoms with van der Waals surface area (Å²) in [6.07, 6.45) is 7.34. The lowest BCUT2D eigenvalue weighted by molar-refractivity contribution is -0.656. The van der Waals surface area contributed by atoms with E-state index in [0.717, 1.165) is 25.9 Å². The number of rotatable bonds is 3. The molecule has 2 heterocycles. The number of aryl methyl sites for hydroxylation is 1. The van der Waals surface area contributed by atoms with Crippen molar-refractivity contribution in [1.82, 2.24) is 15.4 Å². The van der Waals surface area contributed by atoms with E-state index in [1.54, 1.807) is 19.1 Å². The lowest BCUT2D eigenvalue weighted by Gasteiger charge is -2.21. The number of benzene rings is 1. The van der Waals surface area contributed by atoms with Crippen LogP contribution in [0.25, 0.3) is 11.3 Å². The Bertz CT molecular complexity index is 794. The molecule has 1 aliphatic rings. The first-order valence-electron chi connectivity index (χ1n) is 7.84. The third-order valence-corrected chi connectivity index (χ3v) is 4.04. The maximum atomic E-state index is 12.2. The number of phenols is 1. The van der Waals surface area contributed by atoms with Crippen LogP contribution < -0.4 is 15.5 Å². The Balaban J connectivity index is 1.91. The van der Waals surface area contributed by atoms with E-state index in [0.29, 0.717) is 27.4 Å². The molecule has 7 nitrogen and oxygen atoms in total. The van der Waals surface area contributed by atoms with Crippen LogP contribution in [0.3, 0.4) is 0 Å². The quantitative estimate of drug-likeness (QED) is 0.441. The molecule has 0 radical (unpaired) electrons. The lowest BCUT2D eigenvalue weighted by Crippen LogP contribution is -2.44. The topological polar surface area (TPSA) is 97.0 Å². The Labute approximate surface area is 140 Å². The van der Waals surface area contributed by atoms with Gasteiger partial charge in [0.15, 0.2) is 0 Å². The van der Waals surface area contributed by atoms with Crippen molar-refractivity contribution in [2.24, 2.45) is 0 Å². The van der Waals surface area contributed by atoms with Crippen LogP contribution in [0.1, 0.15) is 24.1 Å². The Kier molecular flexibility index (Phi) is 4.49. The molecule has 0 saturated carbocycles. The number of aromatic nitrogens is 3. The molecule has 3 N–H and O–H groups in total. The molecule has 3 rings (SSSR count). The van der Waals surface area contributed by atoms with Crippen LogP contribution in [-0.2, 0) is 0 Å². The number of phenolic OH excluding ortho intramolecular Hbond substituents is 1. The summed E-state index contributed by atoms with van der Waals surface area (Å²) in [5.41, 5.74) is 1.87. The van der Waals surface area contributed by atoms with Gasteiger partial charge in [0.2, 0.25) is 0 Å². The molecule has 0 aliphatic carbocycles. The first kappa shape index (κ1) is 16.0. The summed E-state index contributed by atoms with van der Waals surface area (Å²) in [4.78, 5) is 4.79. The molecule has 0 amide bonds. The zero-order valence-electron chi connectivity index (χ0n) is 13.4. The highest BCUT2D eigenvalue weighted by molar-refractivity contribution is 5.69. The average Bonchev–Trinajstić information content (AvgIpc) is 2.59. The van der Waals surface area contributed by atoms with E-state index >= 15 is 0 Å². The van der Waals surface area contributed by atoms with E-state index in [2.05, 4.69) is 26.6 Å². The van der Waals surface area contributed by atoms with Crippen molar-refractivity contribution in [2.75, 3.05) is 18.4 Å². The van der Waals surface area contributed by atoms with Gasteiger partial charge in [-0.3, -0.25) is 5.32 Å². The highest BCUT2D eigenvalue weighted by atomic mass is 16.5. The van der Waals surface area contributed by atoms with Gasteiger partial charge >= 0.3 is 5.95 Å². The van der Waals surface area contributed by atoms with Gasteiger partial charge in [-0.25, -0.2) is 0 Å². The summed E-state index contributed by atoms with van der Waals surface area (Å²) in [5.74, 6) is 2.59. The van der Waals surface area contributed by atoms with Crippen LogP contribution >= 0.6 is 0 Å². The number of aromatic hydroxyl groups is 1. The molecule has 1 atom stereocenters. The van der Waals surface area contributed by atoms with E-state index in [1.165, 1.54) is 6.07 Å². The fourth-order valence-electron chi connectivity index (χ4n) is 2.78. The van der Waals surface area contributed by atoms with Gasteiger partial charge in [0, 0.05) is 17.7 Å². The van der Waals surface area contributed by atoms with Crippen LogP contribution in [0.4, 0.5) is 5.95 Å². The first-order valence-corrected chi connectivity index (χ1v) is 7.84. The number of hydrogen-bond donors (Lipinski definition) is 3. The van der Waals surface area contributed by atoms with Crippen LogP contribution in [-0.4, -0.2) is 34.3 Å². The summed E-state index contributed by atoms with van der Waals surface area (Å²) in [5, 5.41) is 32.8. The van der Waals surface area contributed by atoms with Crippen molar-refractivity contribution < 1.29 is 9.95 Å². The van der Waals surface area contributed by atoms with Gasteiger partial charge in [0.25, 0.3) is 0 Å². The predicted molar refractivity (Wildman–Crippen MR) is 90.3 cm³/mol. The van der Waals surface area contributed by atoms with E-state index < -0.39 is 0 Å². The van der Waals surface area contributed by atoms with Gasteiger partial charge in [-0.15, -0.1) is 16.4 Å². The molecule has 1 saturated heterocycles. The Hall–Kier alpha value is -2.85. The van der Waals surface area contributed by atoms with Crippen molar-refractivity contribution >= 4 is 5.95 Å². The van der Waals surface area contributed by atoms with E-state index in [4.69, 9.17) is 6.42 Å². The maximum absolute atomic E-state index is 12.2. The average molecular weight is 325 g/mol. The zero-order valence-corrected chi connectivity index (χ0v) is 13.4. The third kappa shape index (κ3) is 3.24. The standard InChI is InChI=1S/C17H19N5O2/c1-3-12-6-7-14(15(23)9-12)16-11(2)19-17(22(24)21-16)20-13-5-4-8-18-10-13/h1,6-7,9,13,18,23H,4-5,8,10H2,2H3,(H,19,20)/t13-/m1/s1. The van der Waals surface area contributed by atoms with E-state index in [1.807, 2.05) is 0 Å². The van der Waals surface area contributed by atoms with Crippen molar-refractivity contribution in [3.05, 3.63) is 34.7 Å². The van der Waals surface area contributed by atoms with Crippen LogP contribution in [0.15, 0.2) is 18.2 Å². The largest absolute Gasteiger partial charge is 0.722 e. The minimum absolute atomic E-state index is 0.0277. The second kappa shape index (κ2) is 6.72. The second-order valence-electron chi connectivity index (χ2n) is 5.81. The maximum Gasteiger partial charge on any atom is 0.412 e. The predicted octanol–water partition coefficient (Wildman–Crippen LogP) is 0.936. The summed E-state index contributed by atoms with van der Waals surface area (Å²) in [6.45, 7) is 3.53. The van der Waals surface area contributed by atoms with Crippen LogP contribution in [0.5, 0.6) is 5.75 Å². The minimum Gasteiger partial charge on any atom is -0.722 e. The van der Waals surface area contributed by atoms with Crippen molar-refractivity contribution in [1.29, 1.82) is 0 Å². The van der Waals surface area contributed by atoms with Gasteiger partial charge in [-0.1, -0.05) is 10.9 Å². The Morgan fingerprint density at radius 2 is 2.33 bits per heavy atom. The number of nitrogens with one attached hydrogen (secondary N) is 2. The van der Waals surface area contributed by atoms with Crippen molar-refractivity contribution in [3.63, 3.8) is 0 Å². The smallest absolute Gasteiger partial charge is 0.412 e. The Morgan fingerprint density at radius 3 is 3.00 bits per heavy atom. The molecule has 1 aliphatic heterocycles. The fourth-order valence-corrected chi connectivity index (χ4v) is 2.78. The number of nitrogens with zero attached hydrogens (tertiary/aromatic N) is 3.